The molecule has 0 saturated carbocycles. The highest BCUT2D eigenvalue weighted by molar-refractivity contribution is 5.85. The molecule has 2 saturated heterocycles. The van der Waals surface area contributed by atoms with E-state index in [1.54, 1.807) is 0 Å². The molecular weight excluding hydrogens is 387 g/mol. The monoisotopic (exact) mass is 416 g/mol. The Morgan fingerprint density at radius 1 is 1.04 bits per heavy atom. The first-order valence-electron chi connectivity index (χ1n) is 9.33. The quantitative estimate of drug-likeness (QED) is 0.768. The third kappa shape index (κ3) is 6.87. The maximum Gasteiger partial charge on any atom is 0.237 e. The Balaban J connectivity index is 0.00000182. The number of rotatable bonds is 5. The molecule has 0 bridgehead atoms. The molecule has 6 nitrogen and oxygen atoms in total. The lowest BCUT2D eigenvalue weighted by atomic mass is 10.0. The smallest absolute Gasteiger partial charge is 0.237 e. The molecule has 1 atom stereocenters. The van der Waals surface area contributed by atoms with E-state index >= 15 is 0 Å². The number of nitrogens with zero attached hydrogens (tertiary/aromatic N) is 2. The summed E-state index contributed by atoms with van der Waals surface area (Å²) in [5.74, 6) is 0.158. The van der Waals surface area contributed by atoms with Crippen LogP contribution in [0.1, 0.15) is 25.7 Å². The fraction of sp³-hybridized carbons (Fsp3) is 0.579. The van der Waals surface area contributed by atoms with Crippen LogP contribution in [0.3, 0.4) is 0 Å². The highest BCUT2D eigenvalue weighted by Crippen LogP contribution is 2.15. The van der Waals surface area contributed by atoms with Crippen LogP contribution in [-0.4, -0.2) is 62.0 Å². The molecular formula is C19H30Cl2N4O2. The van der Waals surface area contributed by atoms with Gasteiger partial charge in [0.25, 0.3) is 0 Å². The first-order chi connectivity index (χ1) is 12.2. The molecule has 152 valence electrons. The second kappa shape index (κ2) is 12.1. The maximum absolute atomic E-state index is 12.3. The Kier molecular flexibility index (Phi) is 10.5. The van der Waals surface area contributed by atoms with Crippen molar-refractivity contribution in [2.45, 2.75) is 31.7 Å². The van der Waals surface area contributed by atoms with Crippen molar-refractivity contribution in [2.75, 3.05) is 44.2 Å². The molecule has 8 heteroatoms. The fourth-order valence-electron chi connectivity index (χ4n) is 3.50. The summed E-state index contributed by atoms with van der Waals surface area (Å²) < 4.78 is 0. The normalized spacial score (nSPS) is 19.5. The number of carbonyl (C=O) groups is 2. The summed E-state index contributed by atoms with van der Waals surface area (Å²) in [6.45, 7) is 4.53. The number of hydrogen-bond acceptors (Lipinski definition) is 4. The molecule has 0 aliphatic carbocycles. The summed E-state index contributed by atoms with van der Waals surface area (Å²) in [6.07, 6.45) is 3.50. The Hall–Kier alpha value is -1.50. The highest BCUT2D eigenvalue weighted by Gasteiger charge is 2.22. The molecule has 27 heavy (non-hydrogen) atoms. The minimum absolute atomic E-state index is 0. The SMILES string of the molecule is Cl.Cl.O=C(NCCC(=O)N1CCN(c2ccccc2)CC1)[C@H]1CCCCN1. The van der Waals surface area contributed by atoms with Crippen LogP contribution in [0.5, 0.6) is 0 Å². The van der Waals surface area contributed by atoms with E-state index < -0.39 is 0 Å². The molecule has 0 radical (unpaired) electrons. The van der Waals surface area contributed by atoms with Gasteiger partial charge in [0.05, 0.1) is 6.04 Å². The average Bonchev–Trinajstić information content (AvgIpc) is 2.69. The van der Waals surface area contributed by atoms with E-state index in [4.69, 9.17) is 0 Å². The number of piperidine rings is 1. The summed E-state index contributed by atoms with van der Waals surface area (Å²) in [7, 11) is 0. The van der Waals surface area contributed by atoms with Crippen LogP contribution < -0.4 is 15.5 Å². The Morgan fingerprint density at radius 2 is 1.74 bits per heavy atom. The Bertz CT molecular complexity index is 574. The van der Waals surface area contributed by atoms with E-state index in [1.807, 2.05) is 23.1 Å². The number of carbonyl (C=O) groups excluding carboxylic acids is 2. The van der Waals surface area contributed by atoms with Crippen molar-refractivity contribution in [1.29, 1.82) is 0 Å². The van der Waals surface area contributed by atoms with Crippen molar-refractivity contribution < 1.29 is 9.59 Å². The summed E-state index contributed by atoms with van der Waals surface area (Å²) >= 11 is 0. The van der Waals surface area contributed by atoms with Gasteiger partial charge in [-0.15, -0.1) is 24.8 Å². The topological polar surface area (TPSA) is 64.7 Å². The molecule has 2 amide bonds. The molecule has 2 heterocycles. The van der Waals surface area contributed by atoms with Crippen LogP contribution in [0.15, 0.2) is 30.3 Å². The number of nitrogens with one attached hydrogen (secondary N) is 2. The third-order valence-electron chi connectivity index (χ3n) is 5.02. The summed E-state index contributed by atoms with van der Waals surface area (Å²) in [4.78, 5) is 28.6. The largest absolute Gasteiger partial charge is 0.368 e. The predicted molar refractivity (Wildman–Crippen MR) is 113 cm³/mol. The fourth-order valence-corrected chi connectivity index (χ4v) is 3.50. The second-order valence-electron chi connectivity index (χ2n) is 6.75. The van der Waals surface area contributed by atoms with Crippen molar-refractivity contribution >= 4 is 42.3 Å². The van der Waals surface area contributed by atoms with Crippen molar-refractivity contribution in [3.63, 3.8) is 0 Å². The zero-order valence-electron chi connectivity index (χ0n) is 15.6. The number of para-hydroxylation sites is 1. The van der Waals surface area contributed by atoms with Crippen LogP contribution in [0.2, 0.25) is 0 Å². The number of amides is 2. The third-order valence-corrected chi connectivity index (χ3v) is 5.02. The van der Waals surface area contributed by atoms with Crippen LogP contribution in [0.4, 0.5) is 5.69 Å². The second-order valence-corrected chi connectivity index (χ2v) is 6.75. The first-order valence-corrected chi connectivity index (χ1v) is 9.33. The number of halogens is 2. The van der Waals surface area contributed by atoms with Gasteiger partial charge < -0.3 is 20.4 Å². The first kappa shape index (κ1) is 23.5. The summed E-state index contributed by atoms with van der Waals surface area (Å²) in [6, 6.07) is 10.2. The van der Waals surface area contributed by atoms with Crippen LogP contribution in [0, 0.1) is 0 Å². The molecule has 2 aliphatic rings. The predicted octanol–water partition coefficient (Wildman–Crippen LogP) is 1.83. The molecule has 2 aliphatic heterocycles. The van der Waals surface area contributed by atoms with Gasteiger partial charge in [-0.05, 0) is 31.5 Å². The number of hydrogen-bond donors (Lipinski definition) is 2. The van der Waals surface area contributed by atoms with Crippen molar-refractivity contribution in [1.82, 2.24) is 15.5 Å². The maximum atomic E-state index is 12.3. The van der Waals surface area contributed by atoms with E-state index in [0.717, 1.165) is 52.0 Å². The van der Waals surface area contributed by atoms with E-state index in [1.165, 1.54) is 5.69 Å². The minimum atomic E-state index is -0.0849. The van der Waals surface area contributed by atoms with Crippen LogP contribution in [0.25, 0.3) is 0 Å². The molecule has 1 aromatic rings. The van der Waals surface area contributed by atoms with Gasteiger partial charge in [-0.1, -0.05) is 24.6 Å². The van der Waals surface area contributed by atoms with Gasteiger partial charge in [0.15, 0.2) is 0 Å². The van der Waals surface area contributed by atoms with Crippen molar-refractivity contribution in [3.8, 4) is 0 Å². The van der Waals surface area contributed by atoms with Gasteiger partial charge >= 0.3 is 0 Å². The molecule has 2 N–H and O–H groups in total. The molecule has 0 unspecified atom stereocenters. The summed E-state index contributed by atoms with van der Waals surface area (Å²) in [5, 5.41) is 6.13. The lowest BCUT2D eigenvalue weighted by Crippen LogP contribution is -2.50. The van der Waals surface area contributed by atoms with Crippen molar-refractivity contribution in [3.05, 3.63) is 30.3 Å². The molecule has 3 rings (SSSR count). The Morgan fingerprint density at radius 3 is 2.37 bits per heavy atom. The number of piperazine rings is 1. The van der Waals surface area contributed by atoms with Gasteiger partial charge in [-0.2, -0.15) is 0 Å². The lowest BCUT2D eigenvalue weighted by Gasteiger charge is -2.36. The van der Waals surface area contributed by atoms with Crippen molar-refractivity contribution in [2.24, 2.45) is 0 Å². The highest BCUT2D eigenvalue weighted by atomic mass is 35.5. The minimum Gasteiger partial charge on any atom is -0.368 e. The van der Waals surface area contributed by atoms with Crippen LogP contribution in [-0.2, 0) is 9.59 Å². The molecule has 1 aromatic carbocycles. The van der Waals surface area contributed by atoms with E-state index in [-0.39, 0.29) is 42.7 Å². The van der Waals surface area contributed by atoms with E-state index in [9.17, 15) is 9.59 Å². The molecule has 2 fully saturated rings. The van der Waals surface area contributed by atoms with Gasteiger partial charge in [0.2, 0.25) is 11.8 Å². The molecule has 0 aromatic heterocycles. The molecule has 0 spiro atoms. The zero-order chi connectivity index (χ0) is 17.5. The number of anilines is 1. The van der Waals surface area contributed by atoms with Gasteiger partial charge in [-0.25, -0.2) is 0 Å². The van der Waals surface area contributed by atoms with E-state index in [0.29, 0.717) is 13.0 Å². The van der Waals surface area contributed by atoms with Crippen LogP contribution >= 0.6 is 24.8 Å². The average molecular weight is 417 g/mol. The van der Waals surface area contributed by atoms with Gasteiger partial charge in [0.1, 0.15) is 0 Å². The van der Waals surface area contributed by atoms with Gasteiger partial charge in [0, 0.05) is 44.8 Å². The number of benzene rings is 1. The van der Waals surface area contributed by atoms with Gasteiger partial charge in [-0.3, -0.25) is 9.59 Å². The summed E-state index contributed by atoms with van der Waals surface area (Å²) in [5.41, 5.74) is 1.21. The van der Waals surface area contributed by atoms with E-state index in [2.05, 4.69) is 27.7 Å². The Labute approximate surface area is 173 Å². The zero-order valence-corrected chi connectivity index (χ0v) is 17.2. The standard InChI is InChI=1S/C19H28N4O2.2ClH/c24-18(9-11-21-19(25)17-8-4-5-10-20-17)23-14-12-22(13-15-23)16-6-2-1-3-7-16;;/h1-3,6-7,17,20H,4-5,8-15H2,(H,21,25);2*1H/t17-;;/m1../s1. The lowest BCUT2D eigenvalue weighted by molar-refractivity contribution is -0.131.